The fraction of sp³-hybridized carbons (Fsp3) is 0.574. The lowest BCUT2D eigenvalue weighted by Crippen LogP contribution is -2.23. The summed E-state index contributed by atoms with van der Waals surface area (Å²) in [7, 11) is 0. The summed E-state index contributed by atoms with van der Waals surface area (Å²) < 4.78 is 12.3. The topological polar surface area (TPSA) is 67.3 Å². The Labute approximate surface area is 323 Å². The standard InChI is InChI=1S/C34H42N4O2.C6H14.C5H12.C2H6/c1-4-7-9-11-21-35-27-17-13-25(14-18-27)33-36-29-23-30-32(24-31(29)39-33)40-34(37-30)26-15-19-28(20-16-26)38(6-3)22-12-10-8-5-2;1-3-5-6-4-2;1-3-5-4-2;1-2/h13-20,23-24,35H,4-12,21-22H2,1-3H3;3-6H2,1-2H3;3-5H2,1-2H3;1-2H3. The molecule has 0 bridgehead atoms. The highest BCUT2D eigenvalue weighted by atomic mass is 16.4. The van der Waals surface area contributed by atoms with Gasteiger partial charge in [0.15, 0.2) is 11.2 Å². The van der Waals surface area contributed by atoms with Gasteiger partial charge in [0.05, 0.1) is 0 Å². The lowest BCUT2D eigenvalue weighted by molar-refractivity contribution is 0.609. The third-order valence-electron chi connectivity index (χ3n) is 9.20. The molecule has 6 heteroatoms. The number of rotatable bonds is 20. The smallest absolute Gasteiger partial charge is 0.227 e. The van der Waals surface area contributed by atoms with E-state index in [2.05, 4.69) is 95.1 Å². The van der Waals surface area contributed by atoms with E-state index in [1.54, 1.807) is 0 Å². The number of hydrogen-bond donors (Lipinski definition) is 1. The Hall–Kier alpha value is -3.80. The van der Waals surface area contributed by atoms with Gasteiger partial charge in [-0.3, -0.25) is 0 Å². The van der Waals surface area contributed by atoms with E-state index in [1.165, 1.54) is 102 Å². The third-order valence-corrected chi connectivity index (χ3v) is 9.20. The van der Waals surface area contributed by atoms with Crippen molar-refractivity contribution < 1.29 is 8.83 Å². The van der Waals surface area contributed by atoms with E-state index in [4.69, 9.17) is 18.8 Å². The molecular formula is C47H74N4O2. The van der Waals surface area contributed by atoms with Gasteiger partial charge >= 0.3 is 0 Å². The van der Waals surface area contributed by atoms with Crippen LogP contribution < -0.4 is 10.2 Å². The molecule has 1 N–H and O–H groups in total. The highest BCUT2D eigenvalue weighted by Crippen LogP contribution is 2.32. The van der Waals surface area contributed by atoms with E-state index >= 15 is 0 Å². The van der Waals surface area contributed by atoms with Crippen molar-refractivity contribution in [2.75, 3.05) is 29.9 Å². The summed E-state index contributed by atoms with van der Waals surface area (Å²) in [6, 6.07) is 20.6. The van der Waals surface area contributed by atoms with Crippen LogP contribution in [-0.2, 0) is 0 Å². The van der Waals surface area contributed by atoms with E-state index in [0.717, 1.165) is 47.5 Å². The van der Waals surface area contributed by atoms with Gasteiger partial charge in [0.2, 0.25) is 11.8 Å². The van der Waals surface area contributed by atoms with Crippen molar-refractivity contribution in [1.82, 2.24) is 9.97 Å². The SMILES string of the molecule is CC.CCCCC.CCCCCC.CCCCCCNc1ccc(-c2nc3cc4nc(-c5ccc(N(CC)CCCCCC)cc5)oc4cc3o2)cc1. The van der Waals surface area contributed by atoms with Crippen molar-refractivity contribution in [2.45, 2.75) is 159 Å². The molecule has 0 amide bonds. The zero-order valence-corrected chi connectivity index (χ0v) is 35.2. The van der Waals surface area contributed by atoms with Crippen LogP contribution in [0.25, 0.3) is 45.1 Å². The Balaban J connectivity index is 0.000000647. The van der Waals surface area contributed by atoms with Crippen molar-refractivity contribution in [3.05, 3.63) is 60.7 Å². The number of fused-ring (bicyclic) bond motifs is 2. The molecule has 0 aliphatic heterocycles. The molecule has 3 aromatic carbocycles. The maximum Gasteiger partial charge on any atom is 0.227 e. The predicted octanol–water partition coefficient (Wildman–Crippen LogP) is 15.5. The average Bonchev–Trinajstić information content (AvgIpc) is 3.81. The number of nitrogens with zero attached hydrogens (tertiary/aromatic N) is 3. The van der Waals surface area contributed by atoms with Gasteiger partial charge in [-0.1, -0.05) is 139 Å². The third kappa shape index (κ3) is 16.0. The average molecular weight is 727 g/mol. The fourth-order valence-electron chi connectivity index (χ4n) is 5.98. The van der Waals surface area contributed by atoms with Gasteiger partial charge < -0.3 is 19.1 Å². The van der Waals surface area contributed by atoms with Crippen LogP contribution in [0.15, 0.2) is 69.5 Å². The Morgan fingerprint density at radius 1 is 0.509 bits per heavy atom. The number of anilines is 2. The van der Waals surface area contributed by atoms with Gasteiger partial charge in [-0.15, -0.1) is 0 Å². The molecule has 0 spiro atoms. The van der Waals surface area contributed by atoms with Gasteiger partial charge in [-0.2, -0.15) is 0 Å². The second-order valence-corrected chi connectivity index (χ2v) is 13.6. The maximum absolute atomic E-state index is 6.15. The van der Waals surface area contributed by atoms with Crippen LogP contribution in [0.2, 0.25) is 0 Å². The summed E-state index contributed by atoms with van der Waals surface area (Å²) in [6.07, 6.45) is 19.7. The Kier molecular flexibility index (Phi) is 23.8. The Bertz CT molecular complexity index is 1550. The second kappa shape index (κ2) is 27.8. The summed E-state index contributed by atoms with van der Waals surface area (Å²) in [5.41, 5.74) is 7.22. The molecule has 0 atom stereocenters. The molecule has 0 saturated carbocycles. The molecule has 294 valence electrons. The highest BCUT2D eigenvalue weighted by molar-refractivity contribution is 5.91. The molecule has 6 nitrogen and oxygen atoms in total. The maximum atomic E-state index is 6.15. The van der Waals surface area contributed by atoms with Gasteiger partial charge in [-0.25, -0.2) is 9.97 Å². The lowest BCUT2D eigenvalue weighted by Gasteiger charge is -2.23. The number of nitrogens with one attached hydrogen (secondary N) is 1. The molecule has 0 fully saturated rings. The number of hydrogen-bond acceptors (Lipinski definition) is 6. The minimum Gasteiger partial charge on any atom is -0.436 e. The van der Waals surface area contributed by atoms with Crippen molar-refractivity contribution in [3.63, 3.8) is 0 Å². The number of unbranched alkanes of at least 4 members (excludes halogenated alkanes) is 11. The van der Waals surface area contributed by atoms with Crippen LogP contribution in [0.3, 0.4) is 0 Å². The number of benzene rings is 3. The van der Waals surface area contributed by atoms with E-state index in [-0.39, 0.29) is 0 Å². The van der Waals surface area contributed by atoms with Crippen LogP contribution in [0, 0.1) is 0 Å². The predicted molar refractivity (Wildman–Crippen MR) is 233 cm³/mol. The van der Waals surface area contributed by atoms with Crippen LogP contribution >= 0.6 is 0 Å². The summed E-state index contributed by atoms with van der Waals surface area (Å²) in [5, 5.41) is 3.50. The van der Waals surface area contributed by atoms with E-state index in [9.17, 15) is 0 Å². The minimum atomic E-state index is 0.600. The fourth-order valence-corrected chi connectivity index (χ4v) is 5.98. The largest absolute Gasteiger partial charge is 0.436 e. The zero-order valence-electron chi connectivity index (χ0n) is 35.2. The summed E-state index contributed by atoms with van der Waals surface area (Å²) in [4.78, 5) is 11.9. The van der Waals surface area contributed by atoms with Crippen LogP contribution in [-0.4, -0.2) is 29.6 Å². The summed E-state index contributed by atoms with van der Waals surface area (Å²) in [5.74, 6) is 1.21. The van der Waals surface area contributed by atoms with Gasteiger partial charge in [0.25, 0.3) is 0 Å². The minimum absolute atomic E-state index is 0.600. The van der Waals surface area contributed by atoms with E-state index < -0.39 is 0 Å². The molecule has 2 aromatic heterocycles. The first kappa shape index (κ1) is 45.4. The van der Waals surface area contributed by atoms with Crippen molar-refractivity contribution in [3.8, 4) is 22.9 Å². The first-order valence-corrected chi connectivity index (χ1v) is 21.4. The Morgan fingerprint density at radius 2 is 0.962 bits per heavy atom. The summed E-state index contributed by atoms with van der Waals surface area (Å²) >= 11 is 0. The second-order valence-electron chi connectivity index (χ2n) is 13.6. The van der Waals surface area contributed by atoms with Crippen LogP contribution in [0.4, 0.5) is 11.4 Å². The zero-order chi connectivity index (χ0) is 38.7. The van der Waals surface area contributed by atoms with Crippen LogP contribution in [0.1, 0.15) is 159 Å². The van der Waals surface area contributed by atoms with Gasteiger partial charge in [0.1, 0.15) is 11.0 Å². The molecule has 53 heavy (non-hydrogen) atoms. The number of oxazole rings is 2. The molecule has 0 aliphatic rings. The van der Waals surface area contributed by atoms with Crippen LogP contribution in [0.5, 0.6) is 0 Å². The molecule has 0 saturated heterocycles. The molecule has 2 heterocycles. The van der Waals surface area contributed by atoms with Crippen molar-refractivity contribution in [1.29, 1.82) is 0 Å². The quantitative estimate of drug-likeness (QED) is 0.0806. The molecule has 5 aromatic rings. The van der Waals surface area contributed by atoms with Crippen molar-refractivity contribution in [2.24, 2.45) is 0 Å². The monoisotopic (exact) mass is 727 g/mol. The normalized spacial score (nSPS) is 10.6. The van der Waals surface area contributed by atoms with Gasteiger partial charge in [0, 0.05) is 48.2 Å². The van der Waals surface area contributed by atoms with E-state index in [1.807, 2.05) is 38.1 Å². The molecule has 0 aliphatic carbocycles. The van der Waals surface area contributed by atoms with Crippen molar-refractivity contribution >= 4 is 33.6 Å². The first-order valence-electron chi connectivity index (χ1n) is 21.4. The molecular weight excluding hydrogens is 653 g/mol. The Morgan fingerprint density at radius 3 is 1.42 bits per heavy atom. The lowest BCUT2D eigenvalue weighted by atomic mass is 10.1. The molecule has 5 rings (SSSR count). The molecule has 0 unspecified atom stereocenters. The molecule has 0 radical (unpaired) electrons. The number of aromatic nitrogens is 2. The van der Waals surface area contributed by atoms with E-state index in [0.29, 0.717) is 22.9 Å². The highest BCUT2D eigenvalue weighted by Gasteiger charge is 2.15. The first-order chi connectivity index (χ1) is 26.0. The van der Waals surface area contributed by atoms with Gasteiger partial charge in [-0.05, 0) is 74.4 Å². The summed E-state index contributed by atoms with van der Waals surface area (Å²) in [6.45, 7) is 22.7.